The summed E-state index contributed by atoms with van der Waals surface area (Å²) in [5.74, 6) is 1.67. The molecular weight excluding hydrogens is 518 g/mol. The minimum atomic E-state index is 0.323. The standard InChI is InChI=1S/C26H27Br2NO2/c1-19-7-10-21(26(28)14-19)17-29(18-25-6-3-13-30-25)16-20-8-11-23(12-9-20)31-24-5-2-4-22(27)15-24/h2,4-5,7-12,14-15,25H,3,6,13,16-18H2,1H3. The van der Waals surface area contributed by atoms with E-state index in [1.807, 2.05) is 36.4 Å². The molecule has 4 rings (SSSR count). The highest BCUT2D eigenvalue weighted by molar-refractivity contribution is 9.10. The molecule has 0 spiro atoms. The van der Waals surface area contributed by atoms with Crippen LogP contribution < -0.4 is 4.74 Å². The zero-order valence-corrected chi connectivity index (χ0v) is 20.9. The van der Waals surface area contributed by atoms with Gasteiger partial charge in [-0.25, -0.2) is 0 Å². The maximum absolute atomic E-state index is 5.98. The molecule has 0 saturated carbocycles. The topological polar surface area (TPSA) is 21.7 Å². The molecule has 0 N–H and O–H groups in total. The number of rotatable bonds is 8. The Morgan fingerprint density at radius 3 is 2.52 bits per heavy atom. The second-order valence-corrected chi connectivity index (χ2v) is 9.87. The van der Waals surface area contributed by atoms with E-state index >= 15 is 0 Å². The van der Waals surface area contributed by atoms with Crippen molar-refractivity contribution in [1.82, 2.24) is 4.90 Å². The van der Waals surface area contributed by atoms with Crippen molar-refractivity contribution in [3.05, 3.63) is 92.4 Å². The van der Waals surface area contributed by atoms with Gasteiger partial charge in [-0.15, -0.1) is 0 Å². The molecule has 1 unspecified atom stereocenters. The van der Waals surface area contributed by atoms with Crippen molar-refractivity contribution in [2.24, 2.45) is 0 Å². The lowest BCUT2D eigenvalue weighted by Gasteiger charge is -2.26. The van der Waals surface area contributed by atoms with Crippen LogP contribution in [-0.2, 0) is 17.8 Å². The van der Waals surface area contributed by atoms with Crippen LogP contribution in [-0.4, -0.2) is 24.2 Å². The molecule has 1 saturated heterocycles. The van der Waals surface area contributed by atoms with Crippen molar-refractivity contribution in [2.45, 2.75) is 39.0 Å². The minimum Gasteiger partial charge on any atom is -0.457 e. The van der Waals surface area contributed by atoms with Crippen molar-refractivity contribution in [2.75, 3.05) is 13.2 Å². The summed E-state index contributed by atoms with van der Waals surface area (Å²) in [6, 6.07) is 22.9. The minimum absolute atomic E-state index is 0.323. The Morgan fingerprint density at radius 1 is 0.968 bits per heavy atom. The number of halogens is 2. The van der Waals surface area contributed by atoms with Crippen molar-refractivity contribution >= 4 is 31.9 Å². The SMILES string of the molecule is Cc1ccc(CN(Cc2ccc(Oc3cccc(Br)c3)cc2)CC2CCCO2)c(Br)c1. The Kier molecular flexibility index (Phi) is 7.83. The third-order valence-corrected chi connectivity index (χ3v) is 6.68. The summed E-state index contributed by atoms with van der Waals surface area (Å²) in [6.45, 7) is 5.70. The summed E-state index contributed by atoms with van der Waals surface area (Å²) in [5.41, 5.74) is 3.84. The highest BCUT2D eigenvalue weighted by atomic mass is 79.9. The van der Waals surface area contributed by atoms with Gasteiger partial charge in [-0.2, -0.15) is 0 Å². The fourth-order valence-electron chi connectivity index (χ4n) is 3.87. The van der Waals surface area contributed by atoms with Gasteiger partial charge < -0.3 is 9.47 Å². The smallest absolute Gasteiger partial charge is 0.128 e. The van der Waals surface area contributed by atoms with Crippen molar-refractivity contribution < 1.29 is 9.47 Å². The van der Waals surface area contributed by atoms with Gasteiger partial charge in [0.25, 0.3) is 0 Å². The normalized spacial score (nSPS) is 16.1. The first-order valence-corrected chi connectivity index (χ1v) is 12.2. The van der Waals surface area contributed by atoms with E-state index in [1.165, 1.54) is 21.2 Å². The molecule has 0 aromatic heterocycles. The second kappa shape index (κ2) is 10.8. The zero-order valence-electron chi connectivity index (χ0n) is 17.7. The van der Waals surface area contributed by atoms with Gasteiger partial charge in [-0.05, 0) is 72.9 Å². The van der Waals surface area contributed by atoms with Gasteiger partial charge in [0.05, 0.1) is 6.10 Å². The zero-order chi connectivity index (χ0) is 21.6. The van der Waals surface area contributed by atoms with Crippen LogP contribution in [0.1, 0.15) is 29.5 Å². The highest BCUT2D eigenvalue weighted by Crippen LogP contribution is 2.26. The summed E-state index contributed by atoms with van der Waals surface area (Å²) in [6.07, 6.45) is 2.63. The third-order valence-electron chi connectivity index (χ3n) is 5.45. The first kappa shape index (κ1) is 22.5. The Labute approximate surface area is 201 Å². The predicted octanol–water partition coefficient (Wildman–Crippen LogP) is 7.49. The van der Waals surface area contributed by atoms with Gasteiger partial charge >= 0.3 is 0 Å². The second-order valence-electron chi connectivity index (χ2n) is 8.10. The van der Waals surface area contributed by atoms with E-state index < -0.39 is 0 Å². The lowest BCUT2D eigenvalue weighted by molar-refractivity contribution is 0.0678. The molecule has 1 aliphatic heterocycles. The molecule has 0 aliphatic carbocycles. The first-order valence-electron chi connectivity index (χ1n) is 10.7. The summed E-state index contributed by atoms with van der Waals surface area (Å²) < 4.78 is 14.1. The molecule has 5 heteroatoms. The fraction of sp³-hybridized carbons (Fsp3) is 0.308. The number of aryl methyl sites for hydroxylation is 1. The molecule has 31 heavy (non-hydrogen) atoms. The van der Waals surface area contributed by atoms with Crippen LogP contribution in [0, 0.1) is 6.92 Å². The molecule has 0 amide bonds. The molecule has 3 aromatic carbocycles. The van der Waals surface area contributed by atoms with Crippen molar-refractivity contribution in [3.63, 3.8) is 0 Å². The van der Waals surface area contributed by atoms with Gasteiger partial charge in [0.1, 0.15) is 11.5 Å². The molecule has 1 aliphatic rings. The molecule has 1 heterocycles. The maximum atomic E-state index is 5.98. The molecule has 3 aromatic rings. The number of hydrogen-bond donors (Lipinski definition) is 0. The van der Waals surface area contributed by atoms with Gasteiger partial charge in [-0.1, -0.05) is 62.2 Å². The first-order chi connectivity index (χ1) is 15.0. The molecule has 1 fully saturated rings. The molecular formula is C26H27Br2NO2. The summed E-state index contributed by atoms with van der Waals surface area (Å²) in [7, 11) is 0. The quantitative estimate of drug-likeness (QED) is 0.293. The monoisotopic (exact) mass is 543 g/mol. The van der Waals surface area contributed by atoms with Gasteiger partial charge in [-0.3, -0.25) is 4.90 Å². The van der Waals surface area contributed by atoms with Gasteiger partial charge in [0, 0.05) is 35.2 Å². The van der Waals surface area contributed by atoms with Crippen LogP contribution >= 0.6 is 31.9 Å². The van der Waals surface area contributed by atoms with E-state index in [0.717, 1.165) is 55.1 Å². The van der Waals surface area contributed by atoms with Crippen LogP contribution in [0.2, 0.25) is 0 Å². The van der Waals surface area contributed by atoms with E-state index in [4.69, 9.17) is 9.47 Å². The van der Waals surface area contributed by atoms with E-state index in [-0.39, 0.29) is 0 Å². The Balaban J connectivity index is 1.45. The molecule has 0 radical (unpaired) electrons. The van der Waals surface area contributed by atoms with Crippen LogP contribution in [0.5, 0.6) is 11.5 Å². The van der Waals surface area contributed by atoms with Crippen LogP contribution in [0.3, 0.4) is 0 Å². The Morgan fingerprint density at radius 2 is 1.81 bits per heavy atom. The van der Waals surface area contributed by atoms with Gasteiger partial charge in [0.2, 0.25) is 0 Å². The van der Waals surface area contributed by atoms with Crippen molar-refractivity contribution in [3.8, 4) is 11.5 Å². The third kappa shape index (κ3) is 6.66. The van der Waals surface area contributed by atoms with E-state index in [1.54, 1.807) is 0 Å². The van der Waals surface area contributed by atoms with Crippen LogP contribution in [0.4, 0.5) is 0 Å². The highest BCUT2D eigenvalue weighted by Gasteiger charge is 2.20. The lowest BCUT2D eigenvalue weighted by Crippen LogP contribution is -2.31. The maximum Gasteiger partial charge on any atom is 0.128 e. The van der Waals surface area contributed by atoms with E-state index in [0.29, 0.717) is 6.10 Å². The van der Waals surface area contributed by atoms with Gasteiger partial charge in [0.15, 0.2) is 0 Å². The van der Waals surface area contributed by atoms with Crippen molar-refractivity contribution in [1.29, 1.82) is 0 Å². The number of nitrogens with zero attached hydrogens (tertiary/aromatic N) is 1. The summed E-state index contributed by atoms with van der Waals surface area (Å²) >= 11 is 7.23. The molecule has 0 bridgehead atoms. The Hall–Kier alpha value is -1.66. The number of ether oxygens (including phenoxy) is 2. The summed E-state index contributed by atoms with van der Waals surface area (Å²) in [4.78, 5) is 2.48. The lowest BCUT2D eigenvalue weighted by atomic mass is 10.1. The average molecular weight is 545 g/mol. The fourth-order valence-corrected chi connectivity index (χ4v) is 4.87. The van der Waals surface area contributed by atoms with E-state index in [9.17, 15) is 0 Å². The average Bonchev–Trinajstić information content (AvgIpc) is 3.25. The van der Waals surface area contributed by atoms with E-state index in [2.05, 4.69) is 74.0 Å². The predicted molar refractivity (Wildman–Crippen MR) is 133 cm³/mol. The Bertz CT molecular complexity index is 1000. The molecule has 162 valence electrons. The number of hydrogen-bond acceptors (Lipinski definition) is 3. The largest absolute Gasteiger partial charge is 0.457 e. The molecule has 3 nitrogen and oxygen atoms in total. The van der Waals surface area contributed by atoms with Crippen LogP contribution in [0.15, 0.2) is 75.7 Å². The van der Waals surface area contributed by atoms with Crippen LogP contribution in [0.25, 0.3) is 0 Å². The molecule has 1 atom stereocenters. The summed E-state index contributed by atoms with van der Waals surface area (Å²) in [5, 5.41) is 0. The number of benzene rings is 3.